The van der Waals surface area contributed by atoms with Gasteiger partial charge in [-0.3, -0.25) is 10.1 Å². The van der Waals surface area contributed by atoms with Crippen LogP contribution in [-0.4, -0.2) is 22.6 Å². The number of benzene rings is 2. The summed E-state index contributed by atoms with van der Waals surface area (Å²) in [4.78, 5) is 27.8. The van der Waals surface area contributed by atoms with E-state index in [1.54, 1.807) is 39.0 Å². The van der Waals surface area contributed by atoms with Gasteiger partial charge in [-0.05, 0) is 62.6 Å². The molecule has 2 heterocycles. The number of H-pyrrole nitrogens is 1. The van der Waals surface area contributed by atoms with E-state index < -0.39 is 11.7 Å². The Hall–Kier alpha value is -3.54. The quantitative estimate of drug-likeness (QED) is 0.551. The highest BCUT2D eigenvalue weighted by Crippen LogP contribution is 2.35. The van der Waals surface area contributed by atoms with Crippen molar-refractivity contribution in [2.45, 2.75) is 26.4 Å². The van der Waals surface area contributed by atoms with Gasteiger partial charge in [-0.25, -0.2) is 4.79 Å². The van der Waals surface area contributed by atoms with Crippen molar-refractivity contribution >= 4 is 45.9 Å². The topological polar surface area (TPSA) is 83.2 Å². The van der Waals surface area contributed by atoms with E-state index in [0.29, 0.717) is 16.9 Å². The minimum Gasteiger partial charge on any atom is -0.444 e. The van der Waals surface area contributed by atoms with Crippen LogP contribution < -0.4 is 10.6 Å². The highest BCUT2D eigenvalue weighted by molar-refractivity contribution is 6.35. The Balaban J connectivity index is 1.65. The summed E-state index contributed by atoms with van der Waals surface area (Å²) in [6.45, 7) is 5.41. The summed E-state index contributed by atoms with van der Waals surface area (Å²) in [6.07, 6.45) is 1.28. The fraction of sp³-hybridized carbons (Fsp3) is 0.182. The Morgan fingerprint density at radius 2 is 1.89 bits per heavy atom. The molecule has 1 aliphatic heterocycles. The van der Waals surface area contributed by atoms with Crippen molar-refractivity contribution in [1.82, 2.24) is 4.98 Å². The van der Waals surface area contributed by atoms with Gasteiger partial charge in [0.2, 0.25) is 0 Å². The van der Waals surface area contributed by atoms with E-state index in [-0.39, 0.29) is 5.91 Å². The standard InChI is InChI=1S/C22H21N3O3/c1-22(2,3)28-21(27)24-14-8-9-19-16(11-14)17(20(26)25-19)12-15-10-13-6-4-5-7-18(13)23-15/h4-12,23H,1-3H3,(H,24,27)(H,25,26)/b17-12-. The van der Waals surface area contributed by atoms with Gasteiger partial charge in [0.1, 0.15) is 5.60 Å². The number of anilines is 2. The molecule has 28 heavy (non-hydrogen) atoms. The molecule has 1 aromatic heterocycles. The van der Waals surface area contributed by atoms with Crippen LogP contribution in [0.5, 0.6) is 0 Å². The van der Waals surface area contributed by atoms with Crippen molar-refractivity contribution in [3.63, 3.8) is 0 Å². The first-order chi connectivity index (χ1) is 13.3. The number of amides is 2. The summed E-state index contributed by atoms with van der Waals surface area (Å²) < 4.78 is 5.29. The number of para-hydroxylation sites is 1. The second-order valence-electron chi connectivity index (χ2n) is 7.71. The van der Waals surface area contributed by atoms with E-state index in [1.165, 1.54) is 0 Å². The van der Waals surface area contributed by atoms with E-state index in [1.807, 2.05) is 36.4 Å². The van der Waals surface area contributed by atoms with Crippen LogP contribution in [0.25, 0.3) is 22.6 Å². The van der Waals surface area contributed by atoms with Crippen LogP contribution in [0.2, 0.25) is 0 Å². The van der Waals surface area contributed by atoms with Crippen molar-refractivity contribution < 1.29 is 14.3 Å². The summed E-state index contributed by atoms with van der Waals surface area (Å²) in [7, 11) is 0. The smallest absolute Gasteiger partial charge is 0.412 e. The van der Waals surface area contributed by atoms with E-state index in [9.17, 15) is 9.59 Å². The lowest BCUT2D eigenvalue weighted by Gasteiger charge is -2.19. The van der Waals surface area contributed by atoms with Crippen LogP contribution in [0.15, 0.2) is 48.5 Å². The molecule has 6 nitrogen and oxygen atoms in total. The number of hydrogen-bond acceptors (Lipinski definition) is 3. The molecule has 0 saturated heterocycles. The van der Waals surface area contributed by atoms with E-state index in [4.69, 9.17) is 4.74 Å². The highest BCUT2D eigenvalue weighted by atomic mass is 16.6. The van der Waals surface area contributed by atoms with Crippen molar-refractivity contribution in [3.05, 3.63) is 59.8 Å². The molecule has 0 fully saturated rings. The fourth-order valence-corrected chi connectivity index (χ4v) is 3.16. The predicted molar refractivity (Wildman–Crippen MR) is 111 cm³/mol. The van der Waals surface area contributed by atoms with Crippen molar-refractivity contribution in [2.75, 3.05) is 10.6 Å². The first-order valence-corrected chi connectivity index (χ1v) is 9.04. The van der Waals surface area contributed by atoms with Gasteiger partial charge in [-0.1, -0.05) is 18.2 Å². The van der Waals surface area contributed by atoms with Crippen molar-refractivity contribution in [2.24, 2.45) is 0 Å². The number of ether oxygens (including phenoxy) is 1. The molecule has 1 aliphatic rings. The fourth-order valence-electron chi connectivity index (χ4n) is 3.16. The van der Waals surface area contributed by atoms with Gasteiger partial charge >= 0.3 is 6.09 Å². The Kier molecular flexibility index (Phi) is 4.19. The van der Waals surface area contributed by atoms with E-state index in [0.717, 1.165) is 22.2 Å². The molecular formula is C22H21N3O3. The molecule has 2 aromatic carbocycles. The zero-order valence-corrected chi connectivity index (χ0v) is 15.9. The minimum absolute atomic E-state index is 0.178. The van der Waals surface area contributed by atoms with E-state index >= 15 is 0 Å². The molecule has 0 radical (unpaired) electrons. The van der Waals surface area contributed by atoms with Crippen molar-refractivity contribution in [3.8, 4) is 0 Å². The van der Waals surface area contributed by atoms with Gasteiger partial charge in [0, 0.05) is 28.1 Å². The van der Waals surface area contributed by atoms with Crippen LogP contribution >= 0.6 is 0 Å². The summed E-state index contributed by atoms with van der Waals surface area (Å²) in [5.74, 6) is -0.178. The molecule has 0 atom stereocenters. The van der Waals surface area contributed by atoms with E-state index in [2.05, 4.69) is 15.6 Å². The van der Waals surface area contributed by atoms with Crippen molar-refractivity contribution in [1.29, 1.82) is 0 Å². The Bertz CT molecular complexity index is 1090. The molecule has 3 N–H and O–H groups in total. The third kappa shape index (κ3) is 3.62. The summed E-state index contributed by atoms with van der Waals surface area (Å²) in [6, 6.07) is 15.2. The zero-order chi connectivity index (χ0) is 19.9. The molecular weight excluding hydrogens is 354 g/mol. The second-order valence-corrected chi connectivity index (χ2v) is 7.71. The lowest BCUT2D eigenvalue weighted by Crippen LogP contribution is -2.27. The molecule has 0 bridgehead atoms. The monoisotopic (exact) mass is 375 g/mol. The van der Waals surface area contributed by atoms with Gasteiger partial charge in [0.05, 0.1) is 5.57 Å². The van der Waals surface area contributed by atoms with Gasteiger partial charge < -0.3 is 15.0 Å². The highest BCUT2D eigenvalue weighted by Gasteiger charge is 2.25. The zero-order valence-electron chi connectivity index (χ0n) is 15.9. The molecule has 0 saturated carbocycles. The maximum absolute atomic E-state index is 12.5. The van der Waals surface area contributed by atoms with Gasteiger partial charge in [0.15, 0.2) is 0 Å². The molecule has 0 unspecified atom stereocenters. The maximum atomic E-state index is 12.5. The Morgan fingerprint density at radius 3 is 2.64 bits per heavy atom. The number of aromatic amines is 1. The number of rotatable bonds is 2. The molecule has 6 heteroatoms. The van der Waals surface area contributed by atoms with Gasteiger partial charge in [0.25, 0.3) is 5.91 Å². The maximum Gasteiger partial charge on any atom is 0.412 e. The Morgan fingerprint density at radius 1 is 1.11 bits per heavy atom. The molecule has 0 spiro atoms. The normalized spacial score (nSPS) is 14.8. The lowest BCUT2D eigenvalue weighted by atomic mass is 10.1. The van der Waals surface area contributed by atoms with Gasteiger partial charge in [-0.15, -0.1) is 0 Å². The van der Waals surface area contributed by atoms with Crippen LogP contribution in [0.4, 0.5) is 16.2 Å². The van der Waals surface area contributed by atoms with Crippen LogP contribution in [-0.2, 0) is 9.53 Å². The third-order valence-corrected chi connectivity index (χ3v) is 4.30. The van der Waals surface area contributed by atoms with Crippen LogP contribution in [0, 0.1) is 0 Å². The lowest BCUT2D eigenvalue weighted by molar-refractivity contribution is -0.110. The van der Waals surface area contributed by atoms with Gasteiger partial charge in [-0.2, -0.15) is 0 Å². The molecule has 3 aromatic rings. The molecule has 2 amide bonds. The molecule has 4 rings (SSSR count). The predicted octanol–water partition coefficient (Wildman–Crippen LogP) is 5.01. The average Bonchev–Trinajstić information content (AvgIpc) is 3.14. The number of fused-ring (bicyclic) bond motifs is 2. The largest absolute Gasteiger partial charge is 0.444 e. The van der Waals surface area contributed by atoms with Crippen LogP contribution in [0.3, 0.4) is 0 Å². The number of hydrogen-bond donors (Lipinski definition) is 3. The SMILES string of the molecule is CC(C)(C)OC(=O)Nc1ccc2c(c1)/C(=C/c1cc3ccccc3[nH]1)C(=O)N2. The second kappa shape index (κ2) is 6.56. The Labute approximate surface area is 162 Å². The first kappa shape index (κ1) is 17.9. The third-order valence-electron chi connectivity index (χ3n) is 4.30. The minimum atomic E-state index is -0.584. The summed E-state index contributed by atoms with van der Waals surface area (Å²) >= 11 is 0. The summed E-state index contributed by atoms with van der Waals surface area (Å²) in [5, 5.41) is 6.65. The van der Waals surface area contributed by atoms with Crippen LogP contribution in [0.1, 0.15) is 32.0 Å². The number of carbonyl (C=O) groups is 2. The number of aromatic nitrogens is 1. The molecule has 0 aliphatic carbocycles. The number of carbonyl (C=O) groups excluding carboxylic acids is 2. The summed E-state index contributed by atoms with van der Waals surface area (Å²) in [5.41, 5.74) is 3.80. The first-order valence-electron chi connectivity index (χ1n) is 9.04. The molecule has 142 valence electrons. The number of nitrogens with one attached hydrogen (secondary N) is 3. The average molecular weight is 375 g/mol.